The topological polar surface area (TPSA) is 20.2 Å². The minimum Gasteiger partial charge on any atom is -0.508 e. The standard InChI is InChI=1S/C20H26O/c1-4-5-7-11-16-12-10-15-18(21)19(16)20(2,3)17-13-8-6-9-14-17/h6,8-10,12-15,21H,4-5,7,11H2,1-3H3. The van der Waals surface area contributed by atoms with Crippen LogP contribution in [0.1, 0.15) is 56.7 Å². The summed E-state index contributed by atoms with van der Waals surface area (Å²) >= 11 is 0. The molecule has 0 saturated heterocycles. The van der Waals surface area contributed by atoms with E-state index in [9.17, 15) is 5.11 Å². The van der Waals surface area contributed by atoms with Crippen molar-refractivity contribution in [3.05, 3.63) is 65.2 Å². The summed E-state index contributed by atoms with van der Waals surface area (Å²) in [7, 11) is 0. The first-order chi connectivity index (χ1) is 10.1. The van der Waals surface area contributed by atoms with Crippen molar-refractivity contribution in [2.45, 2.75) is 51.9 Å². The second-order valence-electron chi connectivity index (χ2n) is 6.26. The molecular formula is C20H26O. The van der Waals surface area contributed by atoms with Crippen LogP contribution in [0, 0.1) is 0 Å². The summed E-state index contributed by atoms with van der Waals surface area (Å²) in [6.07, 6.45) is 4.67. The molecule has 0 aliphatic rings. The highest BCUT2D eigenvalue weighted by Gasteiger charge is 2.28. The monoisotopic (exact) mass is 282 g/mol. The summed E-state index contributed by atoms with van der Waals surface area (Å²) in [5.41, 5.74) is 3.40. The maximum Gasteiger partial charge on any atom is 0.119 e. The molecule has 2 aromatic carbocycles. The van der Waals surface area contributed by atoms with E-state index in [1.807, 2.05) is 18.2 Å². The summed E-state index contributed by atoms with van der Waals surface area (Å²) in [6, 6.07) is 16.4. The van der Waals surface area contributed by atoms with Crippen molar-refractivity contribution in [3.63, 3.8) is 0 Å². The molecule has 0 saturated carbocycles. The fourth-order valence-corrected chi connectivity index (χ4v) is 3.08. The highest BCUT2D eigenvalue weighted by molar-refractivity contribution is 5.49. The number of rotatable bonds is 6. The van der Waals surface area contributed by atoms with E-state index in [0.717, 1.165) is 12.0 Å². The lowest BCUT2D eigenvalue weighted by Crippen LogP contribution is -2.21. The van der Waals surface area contributed by atoms with E-state index in [1.165, 1.54) is 30.4 Å². The molecule has 0 bridgehead atoms. The summed E-state index contributed by atoms with van der Waals surface area (Å²) in [5, 5.41) is 10.4. The third-order valence-corrected chi connectivity index (χ3v) is 4.30. The maximum absolute atomic E-state index is 10.4. The van der Waals surface area contributed by atoms with Crippen LogP contribution in [0.25, 0.3) is 0 Å². The van der Waals surface area contributed by atoms with Gasteiger partial charge in [-0.1, -0.05) is 76.1 Å². The minimum absolute atomic E-state index is 0.186. The Morgan fingerprint density at radius 2 is 1.62 bits per heavy atom. The average molecular weight is 282 g/mol. The summed E-state index contributed by atoms with van der Waals surface area (Å²) < 4.78 is 0. The van der Waals surface area contributed by atoms with Crippen LogP contribution in [0.15, 0.2) is 48.5 Å². The Labute approximate surface area is 128 Å². The zero-order chi connectivity index (χ0) is 15.3. The van der Waals surface area contributed by atoms with Crippen molar-refractivity contribution < 1.29 is 5.11 Å². The first kappa shape index (κ1) is 15.6. The predicted octanol–water partition coefficient (Wildman–Crippen LogP) is 5.45. The molecule has 0 amide bonds. The van der Waals surface area contributed by atoms with Gasteiger partial charge in [0, 0.05) is 11.0 Å². The van der Waals surface area contributed by atoms with Gasteiger partial charge >= 0.3 is 0 Å². The van der Waals surface area contributed by atoms with Crippen LogP contribution in [0.3, 0.4) is 0 Å². The van der Waals surface area contributed by atoms with Crippen LogP contribution < -0.4 is 0 Å². The van der Waals surface area contributed by atoms with Crippen molar-refractivity contribution in [1.29, 1.82) is 0 Å². The van der Waals surface area contributed by atoms with Crippen molar-refractivity contribution >= 4 is 0 Å². The SMILES string of the molecule is CCCCCc1cccc(O)c1C(C)(C)c1ccccc1. The molecule has 0 atom stereocenters. The molecule has 112 valence electrons. The molecule has 21 heavy (non-hydrogen) atoms. The first-order valence-corrected chi connectivity index (χ1v) is 7.94. The van der Waals surface area contributed by atoms with E-state index in [1.54, 1.807) is 0 Å². The number of phenols is 1. The molecule has 1 N–H and O–H groups in total. The van der Waals surface area contributed by atoms with E-state index < -0.39 is 0 Å². The van der Waals surface area contributed by atoms with Gasteiger partial charge in [0.25, 0.3) is 0 Å². The second-order valence-corrected chi connectivity index (χ2v) is 6.26. The lowest BCUT2D eigenvalue weighted by molar-refractivity contribution is 0.450. The largest absolute Gasteiger partial charge is 0.508 e. The van der Waals surface area contributed by atoms with Gasteiger partial charge < -0.3 is 5.11 Å². The maximum atomic E-state index is 10.4. The Kier molecular flexibility index (Phi) is 5.06. The van der Waals surface area contributed by atoms with Gasteiger partial charge in [0.1, 0.15) is 5.75 Å². The smallest absolute Gasteiger partial charge is 0.119 e. The summed E-state index contributed by atoms with van der Waals surface area (Å²) in [5.74, 6) is 0.415. The summed E-state index contributed by atoms with van der Waals surface area (Å²) in [4.78, 5) is 0. The Morgan fingerprint density at radius 1 is 0.905 bits per heavy atom. The molecule has 2 rings (SSSR count). The van der Waals surface area contributed by atoms with E-state index in [0.29, 0.717) is 5.75 Å². The van der Waals surface area contributed by atoms with E-state index in [4.69, 9.17) is 0 Å². The van der Waals surface area contributed by atoms with Crippen LogP contribution in [-0.2, 0) is 11.8 Å². The van der Waals surface area contributed by atoms with Crippen molar-refractivity contribution in [2.75, 3.05) is 0 Å². The molecule has 1 nitrogen and oxygen atoms in total. The van der Waals surface area contributed by atoms with Crippen molar-refractivity contribution in [2.24, 2.45) is 0 Å². The molecule has 0 aliphatic heterocycles. The second kappa shape index (κ2) is 6.80. The molecular weight excluding hydrogens is 256 g/mol. The van der Waals surface area contributed by atoms with Gasteiger partial charge in [-0.2, -0.15) is 0 Å². The molecule has 0 aromatic heterocycles. The Hall–Kier alpha value is -1.76. The third-order valence-electron chi connectivity index (χ3n) is 4.30. The molecule has 1 heteroatoms. The van der Waals surface area contributed by atoms with Crippen molar-refractivity contribution in [3.8, 4) is 5.75 Å². The molecule has 0 radical (unpaired) electrons. The van der Waals surface area contributed by atoms with Crippen LogP contribution in [0.5, 0.6) is 5.75 Å². The lowest BCUT2D eigenvalue weighted by atomic mass is 9.75. The Balaban J connectivity index is 2.42. The number of unbranched alkanes of at least 4 members (excludes halogenated alkanes) is 2. The quantitative estimate of drug-likeness (QED) is 0.698. The minimum atomic E-state index is -0.186. The van der Waals surface area contributed by atoms with E-state index in [2.05, 4.69) is 51.1 Å². The predicted molar refractivity (Wildman–Crippen MR) is 89.9 cm³/mol. The molecule has 0 aliphatic carbocycles. The van der Waals surface area contributed by atoms with Crippen LogP contribution in [0.2, 0.25) is 0 Å². The van der Waals surface area contributed by atoms with Gasteiger partial charge in [-0.3, -0.25) is 0 Å². The van der Waals surface area contributed by atoms with Crippen molar-refractivity contribution in [1.82, 2.24) is 0 Å². The fraction of sp³-hybridized carbons (Fsp3) is 0.400. The van der Waals surface area contributed by atoms with Crippen LogP contribution in [-0.4, -0.2) is 5.11 Å². The lowest BCUT2D eigenvalue weighted by Gasteiger charge is -2.29. The third kappa shape index (κ3) is 3.47. The number of aromatic hydroxyl groups is 1. The van der Waals surface area contributed by atoms with Gasteiger partial charge in [0.2, 0.25) is 0 Å². The zero-order valence-electron chi connectivity index (χ0n) is 13.4. The summed E-state index contributed by atoms with van der Waals surface area (Å²) in [6.45, 7) is 6.61. The number of hydrogen-bond acceptors (Lipinski definition) is 1. The average Bonchev–Trinajstić information content (AvgIpc) is 2.48. The Bertz CT molecular complexity index is 570. The van der Waals surface area contributed by atoms with Crippen LogP contribution in [0.4, 0.5) is 0 Å². The molecule has 0 fully saturated rings. The van der Waals surface area contributed by atoms with E-state index in [-0.39, 0.29) is 5.41 Å². The van der Waals surface area contributed by atoms with Gasteiger partial charge in [-0.05, 0) is 30.0 Å². The number of aryl methyl sites for hydroxylation is 1. The highest BCUT2D eigenvalue weighted by Crippen LogP contribution is 2.39. The first-order valence-electron chi connectivity index (χ1n) is 7.94. The number of hydrogen-bond donors (Lipinski definition) is 1. The van der Waals surface area contributed by atoms with Gasteiger partial charge in [0.05, 0.1) is 0 Å². The van der Waals surface area contributed by atoms with Crippen LogP contribution >= 0.6 is 0 Å². The van der Waals surface area contributed by atoms with Gasteiger partial charge in [0.15, 0.2) is 0 Å². The molecule has 0 unspecified atom stereocenters. The van der Waals surface area contributed by atoms with Gasteiger partial charge in [-0.25, -0.2) is 0 Å². The zero-order valence-corrected chi connectivity index (χ0v) is 13.4. The van der Waals surface area contributed by atoms with Gasteiger partial charge in [-0.15, -0.1) is 0 Å². The normalized spacial score (nSPS) is 11.6. The number of benzene rings is 2. The highest BCUT2D eigenvalue weighted by atomic mass is 16.3. The molecule has 2 aromatic rings. The molecule has 0 spiro atoms. The number of phenolic OH excluding ortho intramolecular Hbond substituents is 1. The Morgan fingerprint density at radius 3 is 2.29 bits per heavy atom. The fourth-order valence-electron chi connectivity index (χ4n) is 3.08. The van der Waals surface area contributed by atoms with E-state index >= 15 is 0 Å². The molecule has 0 heterocycles.